The predicted octanol–water partition coefficient (Wildman–Crippen LogP) is 3.22. The number of nitrogens with zero attached hydrogens (tertiary/aromatic N) is 2. The third kappa shape index (κ3) is 3.51. The molecular formula is C12H16N4OS2. The topological polar surface area (TPSA) is 66.9 Å². The molecule has 0 bridgehead atoms. The first kappa shape index (κ1) is 14.0. The van der Waals surface area contributed by atoms with Crippen molar-refractivity contribution in [3.8, 4) is 0 Å². The molecule has 2 amide bonds. The number of hydrogen-bond acceptors (Lipinski definition) is 5. The number of carbonyl (C=O) groups is 1. The van der Waals surface area contributed by atoms with Gasteiger partial charge in [0.15, 0.2) is 5.13 Å². The van der Waals surface area contributed by atoms with E-state index in [1.54, 1.807) is 6.20 Å². The highest BCUT2D eigenvalue weighted by molar-refractivity contribution is 7.13. The van der Waals surface area contributed by atoms with Gasteiger partial charge in [-0.15, -0.1) is 22.7 Å². The minimum absolute atomic E-state index is 0.266. The number of rotatable bonds is 4. The number of hydrogen-bond donors (Lipinski definition) is 2. The molecule has 2 rings (SSSR count). The monoisotopic (exact) mass is 296 g/mol. The van der Waals surface area contributed by atoms with Gasteiger partial charge < -0.3 is 5.32 Å². The highest BCUT2D eigenvalue weighted by Gasteiger charge is 2.25. The van der Waals surface area contributed by atoms with Gasteiger partial charge in [-0.1, -0.05) is 6.92 Å². The van der Waals surface area contributed by atoms with Crippen LogP contribution in [0.1, 0.15) is 31.5 Å². The summed E-state index contributed by atoms with van der Waals surface area (Å²) >= 11 is 2.95. The number of thiazole rings is 2. The van der Waals surface area contributed by atoms with E-state index >= 15 is 0 Å². The summed E-state index contributed by atoms with van der Waals surface area (Å²) in [6, 6.07) is -0.266. The summed E-state index contributed by atoms with van der Waals surface area (Å²) in [5, 5.41) is 11.0. The molecule has 0 spiro atoms. The highest BCUT2D eigenvalue weighted by atomic mass is 32.1. The lowest BCUT2D eigenvalue weighted by Gasteiger charge is -2.23. The molecule has 19 heavy (non-hydrogen) atoms. The van der Waals surface area contributed by atoms with E-state index in [1.165, 1.54) is 22.7 Å². The van der Waals surface area contributed by atoms with Crippen molar-refractivity contribution in [2.45, 2.75) is 32.7 Å². The van der Waals surface area contributed by atoms with Crippen LogP contribution in [0.3, 0.4) is 0 Å². The maximum absolute atomic E-state index is 11.9. The third-order valence-corrected chi connectivity index (χ3v) is 4.43. The van der Waals surface area contributed by atoms with Crippen molar-refractivity contribution in [1.82, 2.24) is 15.3 Å². The molecule has 2 N–H and O–H groups in total. The van der Waals surface area contributed by atoms with E-state index in [1.807, 2.05) is 31.5 Å². The lowest BCUT2D eigenvalue weighted by atomic mass is 10.1. The molecule has 0 atom stereocenters. The van der Waals surface area contributed by atoms with E-state index in [0.717, 1.165) is 17.1 Å². The quantitative estimate of drug-likeness (QED) is 0.910. The molecule has 0 saturated carbocycles. The molecule has 0 aliphatic rings. The van der Waals surface area contributed by atoms with E-state index in [-0.39, 0.29) is 6.03 Å². The molecule has 0 unspecified atom stereocenters. The number of anilines is 1. The molecule has 0 saturated heterocycles. The average molecular weight is 296 g/mol. The van der Waals surface area contributed by atoms with Crippen LogP contribution in [0.2, 0.25) is 0 Å². The fourth-order valence-electron chi connectivity index (χ4n) is 1.52. The lowest BCUT2D eigenvalue weighted by molar-refractivity contribution is 0.242. The van der Waals surface area contributed by atoms with Crippen LogP contribution >= 0.6 is 22.7 Å². The second-order valence-corrected chi connectivity index (χ2v) is 6.29. The van der Waals surface area contributed by atoms with Gasteiger partial charge >= 0.3 is 6.03 Å². The minimum Gasteiger partial charge on any atom is -0.326 e. The molecule has 102 valence electrons. The van der Waals surface area contributed by atoms with Crippen LogP contribution in [-0.2, 0) is 12.0 Å². The van der Waals surface area contributed by atoms with Gasteiger partial charge in [0.2, 0.25) is 0 Å². The number of amides is 2. The van der Waals surface area contributed by atoms with Crippen molar-refractivity contribution in [3.05, 3.63) is 27.7 Å². The van der Waals surface area contributed by atoms with Crippen molar-refractivity contribution in [1.29, 1.82) is 0 Å². The molecule has 0 aromatic carbocycles. The Morgan fingerprint density at radius 3 is 2.79 bits per heavy atom. The van der Waals surface area contributed by atoms with E-state index in [4.69, 9.17) is 0 Å². The van der Waals surface area contributed by atoms with Crippen molar-refractivity contribution in [2.75, 3.05) is 5.32 Å². The smallest absolute Gasteiger partial charge is 0.321 e. The summed E-state index contributed by atoms with van der Waals surface area (Å²) in [6.07, 6.45) is 2.60. The summed E-state index contributed by atoms with van der Waals surface area (Å²) < 4.78 is 0. The summed E-state index contributed by atoms with van der Waals surface area (Å²) in [6.45, 7) is 5.87. The number of aryl methyl sites for hydroxylation is 1. The minimum atomic E-state index is -0.497. The molecule has 2 heterocycles. The Balaban J connectivity index is 1.97. The van der Waals surface area contributed by atoms with Gasteiger partial charge in [-0.25, -0.2) is 14.8 Å². The first-order valence-electron chi connectivity index (χ1n) is 5.95. The van der Waals surface area contributed by atoms with Crippen LogP contribution in [0.15, 0.2) is 17.0 Å². The van der Waals surface area contributed by atoms with Gasteiger partial charge in [0.1, 0.15) is 5.01 Å². The Kier molecular flexibility index (Phi) is 4.16. The Morgan fingerprint density at radius 2 is 2.21 bits per heavy atom. The number of carbonyl (C=O) groups excluding carboxylic acids is 1. The standard InChI is InChI=1S/C12H16N4OS2/c1-4-8-7-19-11(14-8)15-10(17)16-12(2,3)9-13-5-6-18-9/h5-7H,4H2,1-3H3,(H2,14,15,16,17). The van der Waals surface area contributed by atoms with Crippen molar-refractivity contribution in [3.63, 3.8) is 0 Å². The SMILES string of the molecule is CCc1csc(NC(=O)NC(C)(C)c2nccs2)n1. The van der Waals surface area contributed by atoms with E-state index in [9.17, 15) is 4.79 Å². The second-order valence-electron chi connectivity index (χ2n) is 4.54. The van der Waals surface area contributed by atoms with Gasteiger partial charge in [0.25, 0.3) is 0 Å². The van der Waals surface area contributed by atoms with Gasteiger partial charge in [0.05, 0.1) is 11.2 Å². The van der Waals surface area contributed by atoms with Crippen molar-refractivity contribution >= 4 is 33.8 Å². The zero-order chi connectivity index (χ0) is 13.9. The van der Waals surface area contributed by atoms with E-state index in [0.29, 0.717) is 5.13 Å². The summed E-state index contributed by atoms with van der Waals surface area (Å²) in [5.41, 5.74) is 0.489. The van der Waals surface area contributed by atoms with Gasteiger partial charge in [-0.05, 0) is 20.3 Å². The third-order valence-electron chi connectivity index (χ3n) is 2.53. The van der Waals surface area contributed by atoms with Crippen LogP contribution < -0.4 is 10.6 Å². The van der Waals surface area contributed by atoms with E-state index < -0.39 is 5.54 Å². The molecule has 5 nitrogen and oxygen atoms in total. The number of nitrogens with one attached hydrogen (secondary N) is 2. The maximum atomic E-state index is 11.9. The average Bonchev–Trinajstić information content (AvgIpc) is 2.98. The van der Waals surface area contributed by atoms with E-state index in [2.05, 4.69) is 20.6 Å². The second kappa shape index (κ2) is 5.66. The maximum Gasteiger partial charge on any atom is 0.321 e. The Labute approximate surface area is 120 Å². The first-order valence-corrected chi connectivity index (χ1v) is 7.70. The molecule has 0 aliphatic heterocycles. The molecule has 7 heteroatoms. The summed E-state index contributed by atoms with van der Waals surface area (Å²) in [5.74, 6) is 0. The van der Waals surface area contributed by atoms with Crippen molar-refractivity contribution in [2.24, 2.45) is 0 Å². The zero-order valence-electron chi connectivity index (χ0n) is 11.1. The number of aromatic nitrogens is 2. The van der Waals surface area contributed by atoms with Crippen LogP contribution in [0, 0.1) is 0 Å². The fourth-order valence-corrected chi connectivity index (χ4v) is 3.03. The highest BCUT2D eigenvalue weighted by Crippen LogP contribution is 2.22. The Morgan fingerprint density at radius 1 is 1.42 bits per heavy atom. The number of urea groups is 1. The van der Waals surface area contributed by atoms with Crippen molar-refractivity contribution < 1.29 is 4.79 Å². The molecular weight excluding hydrogens is 280 g/mol. The van der Waals surface area contributed by atoms with Crippen LogP contribution in [-0.4, -0.2) is 16.0 Å². The van der Waals surface area contributed by atoms with Crippen LogP contribution in [0.5, 0.6) is 0 Å². The predicted molar refractivity (Wildman–Crippen MR) is 78.8 cm³/mol. The first-order chi connectivity index (χ1) is 9.01. The Hall–Kier alpha value is -1.47. The molecule has 0 aliphatic carbocycles. The largest absolute Gasteiger partial charge is 0.326 e. The summed E-state index contributed by atoms with van der Waals surface area (Å²) in [4.78, 5) is 20.5. The van der Waals surface area contributed by atoms with Gasteiger partial charge in [-0.3, -0.25) is 5.32 Å². The normalized spacial score (nSPS) is 11.3. The molecule has 0 fully saturated rings. The van der Waals surface area contributed by atoms with Gasteiger partial charge in [0, 0.05) is 17.0 Å². The fraction of sp³-hybridized carbons (Fsp3) is 0.417. The molecule has 2 aromatic heterocycles. The zero-order valence-corrected chi connectivity index (χ0v) is 12.7. The Bertz CT molecular complexity index is 548. The van der Waals surface area contributed by atoms with Crippen LogP contribution in [0.4, 0.5) is 9.93 Å². The molecule has 0 radical (unpaired) electrons. The summed E-state index contributed by atoms with van der Waals surface area (Å²) in [7, 11) is 0. The lowest BCUT2D eigenvalue weighted by Crippen LogP contribution is -2.43. The molecule has 2 aromatic rings. The van der Waals surface area contributed by atoms with Gasteiger partial charge in [-0.2, -0.15) is 0 Å². The van der Waals surface area contributed by atoms with Crippen LogP contribution in [0.25, 0.3) is 0 Å².